The van der Waals surface area contributed by atoms with Gasteiger partial charge in [-0.3, -0.25) is 9.48 Å². The number of carbonyl (C=O) groups is 1. The van der Waals surface area contributed by atoms with Crippen molar-refractivity contribution in [2.24, 2.45) is 5.92 Å². The molecule has 1 heterocycles. The van der Waals surface area contributed by atoms with Gasteiger partial charge in [-0.15, -0.1) is 0 Å². The smallest absolute Gasteiger partial charge is 0.224 e. The first-order valence-corrected chi connectivity index (χ1v) is 8.89. The number of halogens is 1. The molecule has 1 amide bonds. The van der Waals surface area contributed by atoms with Crippen LogP contribution in [-0.2, 0) is 11.3 Å². The van der Waals surface area contributed by atoms with Crippen LogP contribution in [0.1, 0.15) is 38.6 Å². The lowest BCUT2D eigenvalue weighted by Gasteiger charge is -2.18. The van der Waals surface area contributed by atoms with Crippen LogP contribution >= 0.6 is 15.9 Å². The maximum Gasteiger partial charge on any atom is 0.224 e. The Bertz CT molecular complexity index is 483. The van der Waals surface area contributed by atoms with Crippen LogP contribution < -0.4 is 5.32 Å². The van der Waals surface area contributed by atoms with Crippen molar-refractivity contribution in [3.63, 3.8) is 0 Å². The van der Waals surface area contributed by atoms with Crippen molar-refractivity contribution in [2.75, 3.05) is 26.2 Å². The molecule has 0 saturated heterocycles. The summed E-state index contributed by atoms with van der Waals surface area (Å²) in [5.74, 6) is 0.0153. The van der Waals surface area contributed by atoms with Gasteiger partial charge in [-0.25, -0.2) is 0 Å². The van der Waals surface area contributed by atoms with Gasteiger partial charge in [-0.1, -0.05) is 20.8 Å². The van der Waals surface area contributed by atoms with Crippen LogP contribution in [0, 0.1) is 19.8 Å². The zero-order valence-corrected chi connectivity index (χ0v) is 16.0. The molecule has 1 rings (SSSR count). The van der Waals surface area contributed by atoms with Crippen molar-refractivity contribution < 1.29 is 4.79 Å². The lowest BCUT2D eigenvalue weighted by molar-refractivity contribution is -0.124. The summed E-state index contributed by atoms with van der Waals surface area (Å²) in [6.07, 6.45) is 0.992. The number of hydrogen-bond acceptors (Lipinski definition) is 3. The minimum atomic E-state index is -0.0849. The molecule has 0 bridgehead atoms. The Morgan fingerprint density at radius 3 is 2.50 bits per heavy atom. The molecule has 0 aliphatic heterocycles. The van der Waals surface area contributed by atoms with Crippen molar-refractivity contribution in [3.8, 4) is 0 Å². The second-order valence-electron chi connectivity index (χ2n) is 5.74. The van der Waals surface area contributed by atoms with E-state index in [-0.39, 0.29) is 11.8 Å². The highest BCUT2D eigenvalue weighted by Gasteiger charge is 2.16. The van der Waals surface area contributed by atoms with E-state index in [1.807, 2.05) is 25.5 Å². The normalized spacial score (nSPS) is 12.7. The Labute approximate surface area is 142 Å². The quantitative estimate of drug-likeness (QED) is 0.678. The highest BCUT2D eigenvalue weighted by molar-refractivity contribution is 9.10. The number of aromatic nitrogens is 2. The van der Waals surface area contributed by atoms with Crippen LogP contribution in [0.3, 0.4) is 0 Å². The van der Waals surface area contributed by atoms with E-state index in [9.17, 15) is 4.79 Å². The van der Waals surface area contributed by atoms with Gasteiger partial charge in [0.15, 0.2) is 0 Å². The summed E-state index contributed by atoms with van der Waals surface area (Å²) < 4.78 is 2.93. The molecule has 0 radical (unpaired) electrons. The van der Waals surface area contributed by atoms with Gasteiger partial charge in [0.25, 0.3) is 0 Å². The first-order valence-electron chi connectivity index (χ1n) is 8.10. The largest absolute Gasteiger partial charge is 0.356 e. The Kier molecular flexibility index (Phi) is 8.10. The number of aryl methyl sites for hydroxylation is 1. The minimum absolute atomic E-state index is 0.0849. The Balaban J connectivity index is 2.37. The fourth-order valence-electron chi connectivity index (χ4n) is 2.42. The molecule has 0 spiro atoms. The van der Waals surface area contributed by atoms with E-state index in [0.717, 1.165) is 48.5 Å². The molecule has 6 heteroatoms. The van der Waals surface area contributed by atoms with E-state index in [1.165, 1.54) is 0 Å². The molecular formula is C16H29BrN4O. The van der Waals surface area contributed by atoms with Gasteiger partial charge in [-0.2, -0.15) is 5.10 Å². The summed E-state index contributed by atoms with van der Waals surface area (Å²) >= 11 is 3.52. The molecular weight excluding hydrogens is 344 g/mol. The van der Waals surface area contributed by atoms with Gasteiger partial charge in [0.2, 0.25) is 5.91 Å². The lowest BCUT2D eigenvalue weighted by Crippen LogP contribution is -2.34. The number of nitrogens with zero attached hydrogens (tertiary/aromatic N) is 3. The van der Waals surface area contributed by atoms with Gasteiger partial charge >= 0.3 is 0 Å². The van der Waals surface area contributed by atoms with Gasteiger partial charge in [0.1, 0.15) is 0 Å². The topological polar surface area (TPSA) is 50.2 Å². The van der Waals surface area contributed by atoms with Gasteiger partial charge in [-0.05, 0) is 55.8 Å². The molecule has 1 unspecified atom stereocenters. The molecule has 0 saturated carbocycles. The molecule has 0 fully saturated rings. The third-order valence-corrected chi connectivity index (χ3v) is 5.18. The number of carbonyl (C=O) groups excluding carboxylic acids is 1. The van der Waals surface area contributed by atoms with E-state index in [1.54, 1.807) is 0 Å². The maximum absolute atomic E-state index is 12.2. The maximum atomic E-state index is 12.2. The van der Waals surface area contributed by atoms with Crippen LogP contribution in [0.5, 0.6) is 0 Å². The van der Waals surface area contributed by atoms with E-state index in [4.69, 9.17) is 0 Å². The van der Waals surface area contributed by atoms with E-state index in [0.29, 0.717) is 6.54 Å². The van der Waals surface area contributed by atoms with E-state index >= 15 is 0 Å². The van der Waals surface area contributed by atoms with Crippen molar-refractivity contribution in [3.05, 3.63) is 15.9 Å². The molecule has 126 valence electrons. The molecule has 5 nitrogen and oxygen atoms in total. The lowest BCUT2D eigenvalue weighted by atomic mass is 10.1. The number of rotatable bonds is 9. The summed E-state index contributed by atoms with van der Waals surface area (Å²) in [7, 11) is 0. The van der Waals surface area contributed by atoms with Crippen LogP contribution in [0.4, 0.5) is 0 Å². The number of nitrogens with one attached hydrogen (secondary N) is 1. The number of amides is 1. The molecule has 0 aliphatic carbocycles. The SMILES string of the molecule is CCN(CC)CCCNC(=O)C(C)Cn1nc(C)c(Br)c1C. The monoisotopic (exact) mass is 372 g/mol. The van der Waals surface area contributed by atoms with Crippen molar-refractivity contribution in [2.45, 2.75) is 47.6 Å². The third kappa shape index (κ3) is 5.39. The third-order valence-electron chi connectivity index (χ3n) is 4.03. The zero-order chi connectivity index (χ0) is 16.7. The fraction of sp³-hybridized carbons (Fsp3) is 0.750. The highest BCUT2D eigenvalue weighted by Crippen LogP contribution is 2.20. The number of hydrogen-bond donors (Lipinski definition) is 1. The zero-order valence-electron chi connectivity index (χ0n) is 14.4. The molecule has 1 aromatic rings. The average molecular weight is 373 g/mol. The van der Waals surface area contributed by atoms with Crippen LogP contribution in [0.15, 0.2) is 4.47 Å². The molecule has 1 aromatic heterocycles. The highest BCUT2D eigenvalue weighted by atomic mass is 79.9. The molecule has 0 aromatic carbocycles. The first kappa shape index (κ1) is 19.2. The Morgan fingerprint density at radius 2 is 2.00 bits per heavy atom. The van der Waals surface area contributed by atoms with Crippen LogP contribution in [0.25, 0.3) is 0 Å². The molecule has 22 heavy (non-hydrogen) atoms. The molecule has 1 N–H and O–H groups in total. The van der Waals surface area contributed by atoms with Gasteiger partial charge < -0.3 is 10.2 Å². The van der Waals surface area contributed by atoms with Crippen molar-refractivity contribution >= 4 is 21.8 Å². The molecule has 0 aliphatic rings. The standard InChI is InChI=1S/C16H29BrN4O/c1-6-20(7-2)10-8-9-18-16(22)12(3)11-21-14(5)15(17)13(4)19-21/h12H,6-11H2,1-5H3,(H,18,22). The van der Waals surface area contributed by atoms with Gasteiger partial charge in [0, 0.05) is 12.2 Å². The Hall–Kier alpha value is -0.880. The fourth-order valence-corrected chi connectivity index (χ4v) is 2.71. The average Bonchev–Trinajstić information content (AvgIpc) is 2.74. The van der Waals surface area contributed by atoms with E-state index < -0.39 is 0 Å². The minimum Gasteiger partial charge on any atom is -0.356 e. The second-order valence-corrected chi connectivity index (χ2v) is 6.53. The Morgan fingerprint density at radius 1 is 1.36 bits per heavy atom. The second kappa shape index (κ2) is 9.30. The van der Waals surface area contributed by atoms with E-state index in [2.05, 4.69) is 45.1 Å². The van der Waals surface area contributed by atoms with Gasteiger partial charge in [0.05, 0.1) is 22.6 Å². The summed E-state index contributed by atoms with van der Waals surface area (Å²) in [4.78, 5) is 14.5. The predicted octanol–water partition coefficient (Wildman–Crippen LogP) is 2.75. The van der Waals surface area contributed by atoms with Crippen LogP contribution in [-0.4, -0.2) is 46.8 Å². The first-order chi connectivity index (χ1) is 10.4. The molecule has 1 atom stereocenters. The van der Waals surface area contributed by atoms with Crippen molar-refractivity contribution in [1.82, 2.24) is 20.0 Å². The summed E-state index contributed by atoms with van der Waals surface area (Å²) in [6.45, 7) is 14.8. The van der Waals surface area contributed by atoms with Crippen molar-refractivity contribution in [1.29, 1.82) is 0 Å². The van der Waals surface area contributed by atoms with Crippen LogP contribution in [0.2, 0.25) is 0 Å². The summed E-state index contributed by atoms with van der Waals surface area (Å²) in [6, 6.07) is 0. The summed E-state index contributed by atoms with van der Waals surface area (Å²) in [5.41, 5.74) is 2.03. The predicted molar refractivity (Wildman–Crippen MR) is 94.0 cm³/mol. The summed E-state index contributed by atoms with van der Waals surface area (Å²) in [5, 5.41) is 7.49.